The van der Waals surface area contributed by atoms with Gasteiger partial charge in [0.25, 0.3) is 0 Å². The largest absolute Gasteiger partial charge is 0.481 e. The number of rotatable bonds is 3. The second kappa shape index (κ2) is 4.85. The first-order valence-corrected chi connectivity index (χ1v) is 6.44. The molecule has 1 atom stereocenters. The summed E-state index contributed by atoms with van der Waals surface area (Å²) < 4.78 is 1.94. The lowest BCUT2D eigenvalue weighted by molar-refractivity contribution is -0.144. The van der Waals surface area contributed by atoms with Gasteiger partial charge in [-0.25, -0.2) is 0 Å². The highest BCUT2D eigenvalue weighted by molar-refractivity contribution is 6.07. The molecule has 102 valence electrons. The van der Waals surface area contributed by atoms with Gasteiger partial charge in [-0.3, -0.25) is 9.59 Å². The van der Waals surface area contributed by atoms with Crippen molar-refractivity contribution < 1.29 is 14.7 Å². The highest BCUT2D eigenvalue weighted by Gasteiger charge is 2.37. The maximum atomic E-state index is 12.1. The Morgan fingerprint density at radius 1 is 1.15 bits per heavy atom. The van der Waals surface area contributed by atoms with Crippen molar-refractivity contribution in [3.63, 3.8) is 0 Å². The van der Waals surface area contributed by atoms with Crippen LogP contribution < -0.4 is 4.90 Å². The minimum absolute atomic E-state index is 0.331. The number of amides is 1. The van der Waals surface area contributed by atoms with Gasteiger partial charge in [0.1, 0.15) is 5.92 Å². The molecule has 1 saturated heterocycles. The first-order valence-electron chi connectivity index (χ1n) is 6.44. The molecule has 1 amide bonds. The van der Waals surface area contributed by atoms with E-state index in [-0.39, 0.29) is 5.91 Å². The Balaban J connectivity index is 1.90. The predicted molar refractivity (Wildman–Crippen MR) is 73.9 cm³/mol. The van der Waals surface area contributed by atoms with E-state index in [1.165, 1.54) is 0 Å². The van der Waals surface area contributed by atoms with Crippen LogP contribution in [0.1, 0.15) is 6.42 Å². The smallest absolute Gasteiger partial charge is 0.316 e. The van der Waals surface area contributed by atoms with E-state index in [9.17, 15) is 9.59 Å². The maximum absolute atomic E-state index is 12.1. The van der Waals surface area contributed by atoms with Crippen molar-refractivity contribution in [1.29, 1.82) is 0 Å². The summed E-state index contributed by atoms with van der Waals surface area (Å²) in [6, 6.07) is 11.4. The van der Waals surface area contributed by atoms with Crippen LogP contribution in [0, 0.1) is 5.92 Å². The standard InChI is InChI=1S/C15H14N2O3/c18-14-13(15(19)20)6-9-17(14)12-5-3-4-11(10-12)16-7-1-2-8-16/h1-5,7-8,10,13H,6,9H2,(H,19,20). The second-order valence-corrected chi connectivity index (χ2v) is 4.78. The summed E-state index contributed by atoms with van der Waals surface area (Å²) in [6.07, 6.45) is 4.21. The van der Waals surface area contributed by atoms with Gasteiger partial charge in [0.2, 0.25) is 5.91 Å². The molecule has 5 heteroatoms. The van der Waals surface area contributed by atoms with Gasteiger partial charge in [-0.15, -0.1) is 0 Å². The van der Waals surface area contributed by atoms with Crippen LogP contribution >= 0.6 is 0 Å². The van der Waals surface area contributed by atoms with Crippen LogP contribution in [0.5, 0.6) is 0 Å². The minimum atomic E-state index is -1.04. The lowest BCUT2D eigenvalue weighted by atomic mass is 10.1. The average Bonchev–Trinajstić information content (AvgIpc) is 3.08. The number of carbonyl (C=O) groups is 2. The quantitative estimate of drug-likeness (QED) is 0.867. The fraction of sp³-hybridized carbons (Fsp3) is 0.200. The van der Waals surface area contributed by atoms with E-state index in [1.54, 1.807) is 4.90 Å². The molecular weight excluding hydrogens is 256 g/mol. The highest BCUT2D eigenvalue weighted by atomic mass is 16.4. The Kier molecular flexibility index (Phi) is 3.02. The molecule has 1 fully saturated rings. The van der Waals surface area contributed by atoms with Crippen LogP contribution in [0.25, 0.3) is 5.69 Å². The third-order valence-electron chi connectivity index (χ3n) is 3.55. The maximum Gasteiger partial charge on any atom is 0.316 e. The molecule has 0 aliphatic carbocycles. The number of anilines is 1. The average molecular weight is 270 g/mol. The minimum Gasteiger partial charge on any atom is -0.481 e. The van der Waals surface area contributed by atoms with Gasteiger partial charge >= 0.3 is 5.97 Å². The van der Waals surface area contributed by atoms with Gasteiger partial charge in [0.05, 0.1) is 0 Å². The molecule has 5 nitrogen and oxygen atoms in total. The van der Waals surface area contributed by atoms with Crippen LogP contribution in [-0.4, -0.2) is 28.1 Å². The number of carboxylic acids is 1. The summed E-state index contributed by atoms with van der Waals surface area (Å²) in [5.74, 6) is -2.29. The molecule has 2 aromatic rings. The number of carboxylic acid groups (broad SMARTS) is 1. The fourth-order valence-corrected chi connectivity index (χ4v) is 2.49. The van der Waals surface area contributed by atoms with Crippen LogP contribution in [0.4, 0.5) is 5.69 Å². The Morgan fingerprint density at radius 3 is 2.50 bits per heavy atom. The summed E-state index contributed by atoms with van der Waals surface area (Å²) in [6.45, 7) is 0.449. The summed E-state index contributed by atoms with van der Waals surface area (Å²) >= 11 is 0. The monoisotopic (exact) mass is 270 g/mol. The van der Waals surface area contributed by atoms with Crippen LogP contribution in [-0.2, 0) is 9.59 Å². The number of aliphatic carboxylic acids is 1. The summed E-state index contributed by atoms with van der Waals surface area (Å²) in [5.41, 5.74) is 1.68. The Hall–Kier alpha value is -2.56. The molecule has 1 N–H and O–H groups in total. The zero-order valence-corrected chi connectivity index (χ0v) is 10.8. The zero-order chi connectivity index (χ0) is 14.1. The molecule has 0 spiro atoms. The van der Waals surface area contributed by atoms with Crippen molar-refractivity contribution in [2.45, 2.75) is 6.42 Å². The van der Waals surface area contributed by atoms with Gasteiger partial charge in [-0.1, -0.05) is 6.07 Å². The molecule has 1 aliphatic heterocycles. The van der Waals surface area contributed by atoms with Crippen molar-refractivity contribution in [3.05, 3.63) is 48.8 Å². The number of aromatic nitrogens is 1. The third kappa shape index (κ3) is 2.07. The Labute approximate surface area is 116 Å². The molecule has 0 radical (unpaired) electrons. The third-order valence-corrected chi connectivity index (χ3v) is 3.55. The van der Waals surface area contributed by atoms with Gasteiger partial charge in [0, 0.05) is 30.3 Å². The van der Waals surface area contributed by atoms with Crippen molar-refractivity contribution in [1.82, 2.24) is 4.57 Å². The van der Waals surface area contributed by atoms with Crippen LogP contribution in [0.2, 0.25) is 0 Å². The number of carbonyl (C=O) groups excluding carboxylic acids is 1. The predicted octanol–water partition coefficient (Wildman–Crippen LogP) is 1.91. The van der Waals surface area contributed by atoms with E-state index in [0.717, 1.165) is 11.4 Å². The highest BCUT2D eigenvalue weighted by Crippen LogP contribution is 2.27. The topological polar surface area (TPSA) is 62.5 Å². The number of benzene rings is 1. The van der Waals surface area contributed by atoms with E-state index < -0.39 is 11.9 Å². The Morgan fingerprint density at radius 2 is 1.85 bits per heavy atom. The van der Waals surface area contributed by atoms with Gasteiger partial charge in [0.15, 0.2) is 0 Å². The SMILES string of the molecule is O=C(O)C1CCN(c2cccc(-n3cccc3)c2)C1=O. The molecule has 1 aromatic heterocycles. The van der Waals surface area contributed by atoms with E-state index in [2.05, 4.69) is 0 Å². The van der Waals surface area contributed by atoms with E-state index in [1.807, 2.05) is 53.4 Å². The van der Waals surface area contributed by atoms with Crippen molar-refractivity contribution >= 4 is 17.6 Å². The molecular formula is C15H14N2O3. The van der Waals surface area contributed by atoms with Crippen molar-refractivity contribution in [3.8, 4) is 5.69 Å². The lowest BCUT2D eigenvalue weighted by Crippen LogP contribution is -2.30. The van der Waals surface area contributed by atoms with Crippen LogP contribution in [0.3, 0.4) is 0 Å². The number of nitrogens with zero attached hydrogens (tertiary/aromatic N) is 2. The molecule has 1 aliphatic rings. The zero-order valence-electron chi connectivity index (χ0n) is 10.8. The number of hydrogen-bond donors (Lipinski definition) is 1. The molecule has 20 heavy (non-hydrogen) atoms. The molecule has 1 unspecified atom stereocenters. The van der Waals surface area contributed by atoms with Crippen LogP contribution in [0.15, 0.2) is 48.8 Å². The molecule has 3 rings (SSSR count). The molecule has 2 heterocycles. The van der Waals surface area contributed by atoms with Gasteiger partial charge in [-0.05, 0) is 36.8 Å². The van der Waals surface area contributed by atoms with Gasteiger partial charge in [-0.2, -0.15) is 0 Å². The summed E-state index contributed by atoms with van der Waals surface area (Å²) in [4.78, 5) is 24.6. The van der Waals surface area contributed by atoms with Gasteiger partial charge < -0.3 is 14.6 Å². The van der Waals surface area contributed by atoms with E-state index in [0.29, 0.717) is 13.0 Å². The summed E-state index contributed by atoms with van der Waals surface area (Å²) in [7, 11) is 0. The Bertz CT molecular complexity index is 649. The van der Waals surface area contributed by atoms with Crippen molar-refractivity contribution in [2.75, 3.05) is 11.4 Å². The van der Waals surface area contributed by atoms with E-state index in [4.69, 9.17) is 5.11 Å². The number of hydrogen-bond acceptors (Lipinski definition) is 2. The first-order chi connectivity index (χ1) is 9.66. The second-order valence-electron chi connectivity index (χ2n) is 4.78. The molecule has 0 bridgehead atoms. The fourth-order valence-electron chi connectivity index (χ4n) is 2.49. The van der Waals surface area contributed by atoms with E-state index >= 15 is 0 Å². The lowest BCUT2D eigenvalue weighted by Gasteiger charge is -2.17. The normalized spacial score (nSPS) is 18.5. The summed E-state index contributed by atoms with van der Waals surface area (Å²) in [5, 5.41) is 9.00. The molecule has 0 saturated carbocycles. The van der Waals surface area contributed by atoms with Crippen molar-refractivity contribution in [2.24, 2.45) is 5.92 Å². The molecule has 1 aromatic carbocycles. The first kappa shape index (κ1) is 12.5.